The van der Waals surface area contributed by atoms with Gasteiger partial charge in [0, 0.05) is 48.3 Å². The van der Waals surface area contributed by atoms with Gasteiger partial charge < -0.3 is 5.32 Å². The molecule has 136 valence electrons. The molecule has 27 heavy (non-hydrogen) atoms. The molecule has 0 spiro atoms. The van der Waals surface area contributed by atoms with Gasteiger partial charge in [-0.3, -0.25) is 14.7 Å². The highest BCUT2D eigenvalue weighted by Gasteiger charge is 2.21. The number of halogens is 1. The molecule has 0 aliphatic carbocycles. The van der Waals surface area contributed by atoms with E-state index >= 15 is 0 Å². The molecular weight excluding hydrogens is 358 g/mol. The molecule has 0 fully saturated rings. The lowest BCUT2D eigenvalue weighted by Crippen LogP contribution is -2.31. The number of carbonyl (C=O) groups is 1. The normalized spacial score (nSPS) is 13.8. The molecule has 0 atom stereocenters. The van der Waals surface area contributed by atoms with E-state index in [-0.39, 0.29) is 5.91 Å². The summed E-state index contributed by atoms with van der Waals surface area (Å²) in [5.41, 5.74) is 5.07. The molecule has 1 aliphatic heterocycles. The van der Waals surface area contributed by atoms with Gasteiger partial charge in [0.05, 0.1) is 0 Å². The van der Waals surface area contributed by atoms with E-state index < -0.39 is 0 Å². The van der Waals surface area contributed by atoms with Gasteiger partial charge in [-0.2, -0.15) is 0 Å². The summed E-state index contributed by atoms with van der Waals surface area (Å²) < 4.78 is 0. The highest BCUT2D eigenvalue weighted by atomic mass is 35.5. The van der Waals surface area contributed by atoms with Crippen molar-refractivity contribution < 1.29 is 4.79 Å². The zero-order valence-corrected chi connectivity index (χ0v) is 15.6. The Hall–Kier alpha value is -2.69. The Balaban J connectivity index is 1.51. The second-order valence-electron chi connectivity index (χ2n) is 6.72. The first-order valence-electron chi connectivity index (χ1n) is 8.98. The highest BCUT2D eigenvalue weighted by molar-refractivity contribution is 6.31. The van der Waals surface area contributed by atoms with E-state index in [2.05, 4.69) is 21.3 Å². The number of hydrogen-bond donors (Lipinski definition) is 1. The van der Waals surface area contributed by atoms with Crippen LogP contribution >= 0.6 is 11.6 Å². The molecule has 1 N–H and O–H groups in total. The third-order valence-corrected chi connectivity index (χ3v) is 5.06. The molecule has 1 aromatic heterocycles. The third kappa shape index (κ3) is 4.18. The number of nitrogens with zero attached hydrogens (tertiary/aromatic N) is 2. The summed E-state index contributed by atoms with van der Waals surface area (Å²) in [5.74, 6) is -0.0864. The lowest BCUT2D eigenvalue weighted by Gasteiger charge is -2.30. The smallest absolute Gasteiger partial charge is 0.255 e. The van der Waals surface area contributed by atoms with E-state index in [9.17, 15) is 4.79 Å². The van der Waals surface area contributed by atoms with E-state index in [0.717, 1.165) is 37.2 Å². The summed E-state index contributed by atoms with van der Waals surface area (Å²) in [6.45, 7) is 2.66. The summed E-state index contributed by atoms with van der Waals surface area (Å²) in [6.07, 6.45) is 4.51. The van der Waals surface area contributed by atoms with Gasteiger partial charge in [-0.1, -0.05) is 29.8 Å². The van der Waals surface area contributed by atoms with Crippen molar-refractivity contribution in [3.63, 3.8) is 0 Å². The second-order valence-corrected chi connectivity index (χ2v) is 7.16. The molecule has 2 heterocycles. The fourth-order valence-electron chi connectivity index (χ4n) is 3.53. The van der Waals surface area contributed by atoms with Crippen LogP contribution in [0, 0.1) is 0 Å². The van der Waals surface area contributed by atoms with Crippen molar-refractivity contribution in [3.05, 3.63) is 94.3 Å². The fourth-order valence-corrected chi connectivity index (χ4v) is 3.72. The van der Waals surface area contributed by atoms with Crippen LogP contribution < -0.4 is 5.32 Å². The number of benzene rings is 2. The molecule has 4 nitrogen and oxygen atoms in total. The molecule has 0 bridgehead atoms. The maximum Gasteiger partial charge on any atom is 0.255 e. The van der Waals surface area contributed by atoms with Crippen LogP contribution in [0.25, 0.3) is 0 Å². The molecule has 0 saturated carbocycles. The maximum absolute atomic E-state index is 12.8. The minimum atomic E-state index is -0.0864. The summed E-state index contributed by atoms with van der Waals surface area (Å²) >= 11 is 6.01. The zero-order chi connectivity index (χ0) is 18.6. The van der Waals surface area contributed by atoms with Gasteiger partial charge in [-0.15, -0.1) is 0 Å². The lowest BCUT2D eigenvalue weighted by molar-refractivity contribution is 0.102. The van der Waals surface area contributed by atoms with Crippen molar-refractivity contribution in [1.82, 2.24) is 9.88 Å². The molecule has 4 rings (SSSR count). The summed E-state index contributed by atoms with van der Waals surface area (Å²) in [7, 11) is 0. The average Bonchev–Trinajstić information content (AvgIpc) is 2.68. The predicted molar refractivity (Wildman–Crippen MR) is 108 cm³/mol. The van der Waals surface area contributed by atoms with Crippen LogP contribution in [0.2, 0.25) is 5.02 Å². The van der Waals surface area contributed by atoms with Crippen LogP contribution in [0.4, 0.5) is 5.69 Å². The topological polar surface area (TPSA) is 45.2 Å². The first kappa shape index (κ1) is 17.7. The lowest BCUT2D eigenvalue weighted by atomic mass is 9.93. The van der Waals surface area contributed by atoms with Crippen LogP contribution in [-0.2, 0) is 19.5 Å². The van der Waals surface area contributed by atoms with Gasteiger partial charge >= 0.3 is 0 Å². The average molecular weight is 378 g/mol. The standard InChI is InChI=1S/C22H20ClN3O/c23-18-4-2-5-19(13-18)25-22(27)21-6-1-3-17-15-26(12-9-20(17)21)14-16-7-10-24-11-8-16/h1-8,10-11,13H,9,12,14-15H2,(H,25,27). The van der Waals surface area contributed by atoms with E-state index in [1.54, 1.807) is 12.1 Å². The van der Waals surface area contributed by atoms with Gasteiger partial charge in [0.2, 0.25) is 0 Å². The molecule has 0 unspecified atom stereocenters. The minimum Gasteiger partial charge on any atom is -0.322 e. The Morgan fingerprint density at radius 3 is 2.74 bits per heavy atom. The maximum atomic E-state index is 12.8. The number of amides is 1. The Morgan fingerprint density at radius 2 is 1.93 bits per heavy atom. The van der Waals surface area contributed by atoms with Gasteiger partial charge in [0.1, 0.15) is 0 Å². The number of anilines is 1. The first-order valence-corrected chi connectivity index (χ1v) is 9.36. The number of carbonyl (C=O) groups excluding carboxylic acids is 1. The Labute approximate surface area is 163 Å². The molecule has 1 amide bonds. The molecule has 1 aliphatic rings. The van der Waals surface area contributed by atoms with E-state index in [1.165, 1.54) is 11.1 Å². The van der Waals surface area contributed by atoms with Crippen LogP contribution in [-0.4, -0.2) is 22.3 Å². The Kier molecular flexibility index (Phi) is 5.19. The van der Waals surface area contributed by atoms with Crippen molar-refractivity contribution in [1.29, 1.82) is 0 Å². The molecular formula is C22H20ClN3O. The van der Waals surface area contributed by atoms with Crippen LogP contribution in [0.3, 0.4) is 0 Å². The van der Waals surface area contributed by atoms with Crippen molar-refractivity contribution in [2.75, 3.05) is 11.9 Å². The second kappa shape index (κ2) is 7.91. The number of pyridine rings is 1. The van der Waals surface area contributed by atoms with Crippen molar-refractivity contribution in [2.24, 2.45) is 0 Å². The number of fused-ring (bicyclic) bond motifs is 1. The van der Waals surface area contributed by atoms with Gasteiger partial charge in [-0.25, -0.2) is 0 Å². The van der Waals surface area contributed by atoms with Crippen molar-refractivity contribution >= 4 is 23.2 Å². The predicted octanol–water partition coefficient (Wildman–Crippen LogP) is 4.55. The number of hydrogen-bond acceptors (Lipinski definition) is 3. The van der Waals surface area contributed by atoms with E-state index in [1.807, 2.05) is 48.8 Å². The number of aromatic nitrogens is 1. The summed E-state index contributed by atoms with van der Waals surface area (Å²) in [6, 6.07) is 17.3. The quantitative estimate of drug-likeness (QED) is 0.725. The zero-order valence-electron chi connectivity index (χ0n) is 14.9. The molecule has 5 heteroatoms. The minimum absolute atomic E-state index is 0.0864. The number of nitrogens with one attached hydrogen (secondary N) is 1. The van der Waals surface area contributed by atoms with Crippen LogP contribution in [0.15, 0.2) is 67.0 Å². The fraction of sp³-hybridized carbons (Fsp3) is 0.182. The van der Waals surface area contributed by atoms with Gasteiger partial charge in [0.25, 0.3) is 5.91 Å². The SMILES string of the molecule is O=C(Nc1cccc(Cl)c1)c1cccc2c1CCN(Cc1ccncc1)C2. The Morgan fingerprint density at radius 1 is 1.11 bits per heavy atom. The monoisotopic (exact) mass is 377 g/mol. The largest absolute Gasteiger partial charge is 0.322 e. The van der Waals surface area contributed by atoms with Crippen LogP contribution in [0.5, 0.6) is 0 Å². The molecule has 3 aromatic rings. The number of rotatable bonds is 4. The van der Waals surface area contributed by atoms with Gasteiger partial charge in [0.15, 0.2) is 0 Å². The van der Waals surface area contributed by atoms with E-state index in [0.29, 0.717) is 10.7 Å². The summed E-state index contributed by atoms with van der Waals surface area (Å²) in [4.78, 5) is 19.3. The molecule has 0 radical (unpaired) electrons. The Bertz CT molecular complexity index is 959. The van der Waals surface area contributed by atoms with Crippen molar-refractivity contribution in [3.8, 4) is 0 Å². The third-order valence-electron chi connectivity index (χ3n) is 4.83. The van der Waals surface area contributed by atoms with Crippen molar-refractivity contribution in [2.45, 2.75) is 19.5 Å². The highest BCUT2D eigenvalue weighted by Crippen LogP contribution is 2.25. The molecule has 2 aromatic carbocycles. The van der Waals surface area contributed by atoms with Crippen LogP contribution in [0.1, 0.15) is 27.0 Å². The van der Waals surface area contributed by atoms with E-state index in [4.69, 9.17) is 11.6 Å². The van der Waals surface area contributed by atoms with Gasteiger partial charge in [-0.05, 0) is 59.5 Å². The molecule has 0 saturated heterocycles. The summed E-state index contributed by atoms with van der Waals surface area (Å²) in [5, 5.41) is 3.56. The first-order chi connectivity index (χ1) is 13.2.